The van der Waals surface area contributed by atoms with E-state index in [0.717, 1.165) is 5.56 Å². The van der Waals surface area contributed by atoms with E-state index in [1.54, 1.807) is 18.2 Å². The van der Waals surface area contributed by atoms with Crippen LogP contribution in [0.1, 0.15) is 31.7 Å². The lowest BCUT2D eigenvalue weighted by Gasteiger charge is -2.15. The van der Waals surface area contributed by atoms with Crippen LogP contribution in [-0.2, 0) is 4.79 Å². The van der Waals surface area contributed by atoms with Crippen LogP contribution >= 0.6 is 0 Å². The van der Waals surface area contributed by atoms with Gasteiger partial charge in [0, 0.05) is 0 Å². The van der Waals surface area contributed by atoms with Gasteiger partial charge in [0.2, 0.25) is 6.79 Å². The SMILES string of the molecule is CC(C)CC(C(=O)O)c1ccc2c(c1)OCO2. The first-order valence-corrected chi connectivity index (χ1v) is 5.70. The molecule has 1 aromatic carbocycles. The van der Waals surface area contributed by atoms with Gasteiger partial charge in [-0.25, -0.2) is 0 Å². The van der Waals surface area contributed by atoms with Gasteiger partial charge in [-0.2, -0.15) is 0 Å². The van der Waals surface area contributed by atoms with E-state index >= 15 is 0 Å². The summed E-state index contributed by atoms with van der Waals surface area (Å²) in [6, 6.07) is 5.34. The predicted octanol–water partition coefficient (Wildman–Crippen LogP) is 2.63. The minimum absolute atomic E-state index is 0.209. The molecule has 0 fully saturated rings. The van der Waals surface area contributed by atoms with Gasteiger partial charge in [0.25, 0.3) is 0 Å². The van der Waals surface area contributed by atoms with Crippen molar-refractivity contribution in [3.05, 3.63) is 23.8 Å². The third-order valence-corrected chi connectivity index (χ3v) is 2.80. The van der Waals surface area contributed by atoms with Gasteiger partial charge in [-0.05, 0) is 30.0 Å². The van der Waals surface area contributed by atoms with Crippen LogP contribution in [-0.4, -0.2) is 17.9 Å². The Bertz CT molecular complexity index is 425. The predicted molar refractivity (Wildman–Crippen MR) is 62.4 cm³/mol. The van der Waals surface area contributed by atoms with E-state index in [0.29, 0.717) is 23.8 Å². The Morgan fingerprint density at radius 1 is 1.35 bits per heavy atom. The summed E-state index contributed by atoms with van der Waals surface area (Å²) in [5.74, 6) is 0.378. The van der Waals surface area contributed by atoms with Gasteiger partial charge in [-0.15, -0.1) is 0 Å². The Hall–Kier alpha value is -1.71. The number of rotatable bonds is 4. The third-order valence-electron chi connectivity index (χ3n) is 2.80. The van der Waals surface area contributed by atoms with Gasteiger partial charge in [-0.3, -0.25) is 4.79 Å². The number of hydrogen-bond donors (Lipinski definition) is 1. The smallest absolute Gasteiger partial charge is 0.310 e. The maximum Gasteiger partial charge on any atom is 0.310 e. The van der Waals surface area contributed by atoms with Crippen LogP contribution in [0, 0.1) is 5.92 Å². The first kappa shape index (κ1) is 11.8. The van der Waals surface area contributed by atoms with Crippen molar-refractivity contribution in [3.8, 4) is 11.5 Å². The van der Waals surface area contributed by atoms with Gasteiger partial charge < -0.3 is 14.6 Å². The standard InChI is InChI=1S/C13H16O4/c1-8(2)5-10(13(14)15)9-3-4-11-12(6-9)17-7-16-11/h3-4,6,8,10H,5,7H2,1-2H3,(H,14,15). The number of fused-ring (bicyclic) bond motifs is 1. The second kappa shape index (κ2) is 4.65. The van der Waals surface area contributed by atoms with Gasteiger partial charge in [0.05, 0.1) is 5.92 Å². The largest absolute Gasteiger partial charge is 0.481 e. The summed E-state index contributed by atoms with van der Waals surface area (Å²) in [7, 11) is 0. The second-order valence-electron chi connectivity index (χ2n) is 4.63. The van der Waals surface area contributed by atoms with E-state index in [9.17, 15) is 9.90 Å². The molecule has 4 heteroatoms. The molecule has 1 N–H and O–H groups in total. The number of ether oxygens (including phenoxy) is 2. The molecule has 0 saturated carbocycles. The van der Waals surface area contributed by atoms with Crippen LogP contribution in [0.4, 0.5) is 0 Å². The molecule has 4 nitrogen and oxygen atoms in total. The fourth-order valence-electron chi connectivity index (χ4n) is 1.98. The zero-order chi connectivity index (χ0) is 12.4. The molecule has 0 amide bonds. The van der Waals surface area contributed by atoms with Crippen LogP contribution in [0.3, 0.4) is 0 Å². The van der Waals surface area contributed by atoms with Crippen LogP contribution < -0.4 is 9.47 Å². The molecule has 0 bridgehead atoms. The average Bonchev–Trinajstić information content (AvgIpc) is 2.72. The maximum absolute atomic E-state index is 11.3. The van der Waals surface area contributed by atoms with E-state index in [1.807, 2.05) is 13.8 Å². The molecule has 1 aliphatic rings. The van der Waals surface area contributed by atoms with E-state index in [-0.39, 0.29) is 6.79 Å². The monoisotopic (exact) mass is 236 g/mol. The molecule has 1 atom stereocenters. The number of carbonyl (C=O) groups is 1. The van der Waals surface area contributed by atoms with E-state index in [1.165, 1.54) is 0 Å². The zero-order valence-electron chi connectivity index (χ0n) is 9.97. The van der Waals surface area contributed by atoms with Crippen molar-refractivity contribution in [1.82, 2.24) is 0 Å². The van der Waals surface area contributed by atoms with E-state index in [2.05, 4.69) is 0 Å². The van der Waals surface area contributed by atoms with E-state index in [4.69, 9.17) is 9.47 Å². The molecular formula is C13H16O4. The molecule has 2 rings (SSSR count). The van der Waals surface area contributed by atoms with Crippen LogP contribution in [0.25, 0.3) is 0 Å². The van der Waals surface area contributed by atoms with Crippen LogP contribution in [0.5, 0.6) is 11.5 Å². The molecule has 0 spiro atoms. The molecule has 1 unspecified atom stereocenters. The molecule has 1 aliphatic heterocycles. The van der Waals surface area contributed by atoms with Gasteiger partial charge in [0.15, 0.2) is 11.5 Å². The third kappa shape index (κ3) is 2.52. The maximum atomic E-state index is 11.3. The summed E-state index contributed by atoms with van der Waals surface area (Å²) in [5.41, 5.74) is 0.774. The van der Waals surface area contributed by atoms with Crippen LogP contribution in [0.15, 0.2) is 18.2 Å². The Balaban J connectivity index is 2.27. The lowest BCUT2D eigenvalue weighted by Crippen LogP contribution is -2.13. The number of hydrogen-bond acceptors (Lipinski definition) is 3. The number of carboxylic acids is 1. The summed E-state index contributed by atoms with van der Waals surface area (Å²) in [5, 5.41) is 9.25. The molecule has 17 heavy (non-hydrogen) atoms. The Morgan fingerprint density at radius 2 is 2.06 bits per heavy atom. The van der Waals surface area contributed by atoms with Gasteiger partial charge in [-0.1, -0.05) is 19.9 Å². The van der Waals surface area contributed by atoms with Gasteiger partial charge in [0.1, 0.15) is 0 Å². The fraction of sp³-hybridized carbons (Fsp3) is 0.462. The highest BCUT2D eigenvalue weighted by atomic mass is 16.7. The topological polar surface area (TPSA) is 55.8 Å². The lowest BCUT2D eigenvalue weighted by molar-refractivity contribution is -0.139. The lowest BCUT2D eigenvalue weighted by atomic mass is 9.90. The molecule has 0 aromatic heterocycles. The number of aliphatic carboxylic acids is 1. The molecule has 1 heterocycles. The highest BCUT2D eigenvalue weighted by Gasteiger charge is 2.23. The molecule has 92 valence electrons. The molecule has 0 radical (unpaired) electrons. The van der Waals surface area contributed by atoms with Crippen molar-refractivity contribution in [3.63, 3.8) is 0 Å². The summed E-state index contributed by atoms with van der Waals surface area (Å²) in [6.07, 6.45) is 0.620. The second-order valence-corrected chi connectivity index (χ2v) is 4.63. The Morgan fingerprint density at radius 3 is 2.71 bits per heavy atom. The molecule has 1 aromatic rings. The number of carboxylic acid groups (broad SMARTS) is 1. The normalized spacial score (nSPS) is 15.0. The van der Waals surface area contributed by atoms with Crippen LogP contribution in [0.2, 0.25) is 0 Å². The zero-order valence-corrected chi connectivity index (χ0v) is 9.97. The first-order valence-electron chi connectivity index (χ1n) is 5.70. The van der Waals surface area contributed by atoms with Crippen molar-refractivity contribution >= 4 is 5.97 Å². The molecule has 0 saturated heterocycles. The minimum atomic E-state index is -0.794. The minimum Gasteiger partial charge on any atom is -0.481 e. The fourth-order valence-corrected chi connectivity index (χ4v) is 1.98. The number of benzene rings is 1. The molecular weight excluding hydrogens is 220 g/mol. The first-order chi connectivity index (χ1) is 8.08. The summed E-state index contributed by atoms with van der Waals surface area (Å²) in [4.78, 5) is 11.3. The molecule has 0 aliphatic carbocycles. The highest BCUT2D eigenvalue weighted by molar-refractivity contribution is 5.76. The quantitative estimate of drug-likeness (QED) is 0.873. The van der Waals surface area contributed by atoms with Crippen molar-refractivity contribution in [1.29, 1.82) is 0 Å². The summed E-state index contributed by atoms with van der Waals surface area (Å²) < 4.78 is 10.5. The van der Waals surface area contributed by atoms with Crippen molar-refractivity contribution in [2.75, 3.05) is 6.79 Å². The van der Waals surface area contributed by atoms with Crippen molar-refractivity contribution in [2.45, 2.75) is 26.2 Å². The summed E-state index contributed by atoms with van der Waals surface area (Å²) >= 11 is 0. The van der Waals surface area contributed by atoms with Gasteiger partial charge >= 0.3 is 5.97 Å². The Labute approximate surface area is 100 Å². The van der Waals surface area contributed by atoms with E-state index < -0.39 is 11.9 Å². The Kier molecular flexibility index (Phi) is 3.22. The summed E-state index contributed by atoms with van der Waals surface area (Å²) in [6.45, 7) is 4.24. The van der Waals surface area contributed by atoms with Crippen molar-refractivity contribution < 1.29 is 19.4 Å². The average molecular weight is 236 g/mol. The van der Waals surface area contributed by atoms with Crippen molar-refractivity contribution in [2.24, 2.45) is 5.92 Å². The highest BCUT2D eigenvalue weighted by Crippen LogP contribution is 2.36.